The number of aromatic carboxylic acids is 1. The number of carboxylic acid groups (broad SMARTS) is 1. The Labute approximate surface area is 174 Å². The summed E-state index contributed by atoms with van der Waals surface area (Å²) in [6, 6.07) is 14.1. The predicted molar refractivity (Wildman–Crippen MR) is 112 cm³/mol. The molecule has 144 valence electrons. The first-order chi connectivity index (χ1) is 13.9. The van der Waals surface area contributed by atoms with Crippen molar-refractivity contribution in [2.75, 3.05) is 0 Å². The van der Waals surface area contributed by atoms with Crippen molar-refractivity contribution in [2.24, 2.45) is 4.99 Å². The van der Waals surface area contributed by atoms with Crippen molar-refractivity contribution >= 4 is 52.2 Å². The maximum absolute atomic E-state index is 11.1. The molecule has 3 aromatic carbocycles. The zero-order valence-corrected chi connectivity index (χ0v) is 16.1. The lowest BCUT2D eigenvalue weighted by Gasteiger charge is -2.00. The molecule has 0 radical (unpaired) electrons. The molecule has 0 saturated carbocycles. The molecule has 0 saturated heterocycles. The summed E-state index contributed by atoms with van der Waals surface area (Å²) in [5, 5.41) is 20.0. The van der Waals surface area contributed by atoms with Crippen LogP contribution in [0.5, 0.6) is 5.75 Å². The predicted octanol–water partition coefficient (Wildman–Crippen LogP) is 5.96. The molecule has 29 heavy (non-hydrogen) atoms. The fourth-order valence-electron chi connectivity index (χ4n) is 2.71. The van der Waals surface area contributed by atoms with Crippen LogP contribution in [0, 0.1) is 0 Å². The van der Waals surface area contributed by atoms with Crippen LogP contribution in [0.1, 0.15) is 15.9 Å². The van der Waals surface area contributed by atoms with Crippen molar-refractivity contribution < 1.29 is 19.4 Å². The number of halogens is 2. The van der Waals surface area contributed by atoms with Gasteiger partial charge in [-0.2, -0.15) is 0 Å². The van der Waals surface area contributed by atoms with Gasteiger partial charge in [0, 0.05) is 16.8 Å². The van der Waals surface area contributed by atoms with E-state index in [1.54, 1.807) is 36.4 Å². The van der Waals surface area contributed by atoms with Crippen molar-refractivity contribution in [1.82, 2.24) is 4.98 Å². The molecule has 4 aromatic rings. The largest absolute Gasteiger partial charge is 0.507 e. The molecule has 0 unspecified atom stereocenters. The number of hydrogen-bond donors (Lipinski definition) is 2. The Kier molecular flexibility index (Phi) is 4.96. The van der Waals surface area contributed by atoms with E-state index in [0.717, 1.165) is 0 Å². The fourth-order valence-corrected chi connectivity index (χ4v) is 3.08. The maximum Gasteiger partial charge on any atom is 0.335 e. The minimum Gasteiger partial charge on any atom is -0.507 e. The second-order valence-corrected chi connectivity index (χ2v) is 6.98. The summed E-state index contributed by atoms with van der Waals surface area (Å²) in [5.41, 5.74) is 2.58. The molecule has 4 rings (SSSR count). The summed E-state index contributed by atoms with van der Waals surface area (Å²) >= 11 is 12.2. The minimum absolute atomic E-state index is 0.0549. The van der Waals surface area contributed by atoms with E-state index in [1.165, 1.54) is 24.4 Å². The van der Waals surface area contributed by atoms with Gasteiger partial charge in [0.15, 0.2) is 5.58 Å². The van der Waals surface area contributed by atoms with Gasteiger partial charge in [-0.05, 0) is 54.6 Å². The third kappa shape index (κ3) is 3.94. The number of nitrogens with zero attached hydrogens (tertiary/aromatic N) is 2. The van der Waals surface area contributed by atoms with E-state index in [-0.39, 0.29) is 16.9 Å². The quantitative estimate of drug-likeness (QED) is 0.392. The first-order valence-electron chi connectivity index (χ1n) is 8.37. The van der Waals surface area contributed by atoms with E-state index in [0.29, 0.717) is 38.3 Å². The number of carboxylic acids is 1. The highest BCUT2D eigenvalue weighted by Gasteiger charge is 2.13. The highest BCUT2D eigenvalue weighted by Crippen LogP contribution is 2.33. The number of phenolic OH excluding ortho intramolecular Hbond substituents is 1. The average molecular weight is 427 g/mol. The fraction of sp³-hybridized carbons (Fsp3) is 0. The van der Waals surface area contributed by atoms with Crippen molar-refractivity contribution in [3.63, 3.8) is 0 Å². The highest BCUT2D eigenvalue weighted by atomic mass is 35.5. The van der Waals surface area contributed by atoms with Crippen molar-refractivity contribution in [2.45, 2.75) is 0 Å². The third-order valence-corrected chi connectivity index (χ3v) is 4.72. The number of rotatable bonds is 4. The zero-order valence-electron chi connectivity index (χ0n) is 14.6. The molecular formula is C21H12Cl2N2O4. The lowest BCUT2D eigenvalue weighted by molar-refractivity contribution is 0.0697. The van der Waals surface area contributed by atoms with Crippen molar-refractivity contribution in [3.05, 3.63) is 75.8 Å². The Hall–Kier alpha value is -3.35. The van der Waals surface area contributed by atoms with Crippen LogP contribution in [0.3, 0.4) is 0 Å². The number of carbonyl (C=O) groups is 1. The number of benzene rings is 3. The molecule has 0 amide bonds. The SMILES string of the molecule is O=C(O)c1ccc(O)c(C=Nc2ccc3oc(-c4cc(Cl)ccc4Cl)nc3c2)c1. The van der Waals surface area contributed by atoms with Crippen LogP contribution in [0.15, 0.2) is 64.0 Å². The van der Waals surface area contributed by atoms with E-state index in [1.807, 2.05) is 0 Å². The summed E-state index contributed by atoms with van der Waals surface area (Å²) in [7, 11) is 0. The number of hydrogen-bond acceptors (Lipinski definition) is 5. The van der Waals surface area contributed by atoms with E-state index < -0.39 is 5.97 Å². The molecule has 6 nitrogen and oxygen atoms in total. The van der Waals surface area contributed by atoms with Gasteiger partial charge in [-0.1, -0.05) is 23.2 Å². The highest BCUT2D eigenvalue weighted by molar-refractivity contribution is 6.35. The second-order valence-electron chi connectivity index (χ2n) is 6.13. The molecule has 1 heterocycles. The average Bonchev–Trinajstić information content (AvgIpc) is 3.12. The molecule has 2 N–H and O–H groups in total. The van der Waals surface area contributed by atoms with Crippen LogP contribution in [0.4, 0.5) is 5.69 Å². The summed E-state index contributed by atoms with van der Waals surface area (Å²) in [4.78, 5) is 19.8. The van der Waals surface area contributed by atoms with Crippen LogP contribution in [0.2, 0.25) is 10.0 Å². The van der Waals surface area contributed by atoms with E-state index in [4.69, 9.17) is 32.7 Å². The van der Waals surface area contributed by atoms with Gasteiger partial charge in [-0.3, -0.25) is 4.99 Å². The van der Waals surface area contributed by atoms with Crippen LogP contribution < -0.4 is 0 Å². The molecule has 8 heteroatoms. The number of phenols is 1. The van der Waals surface area contributed by atoms with E-state index in [9.17, 15) is 9.90 Å². The first-order valence-corrected chi connectivity index (χ1v) is 9.13. The van der Waals surface area contributed by atoms with Gasteiger partial charge in [0.05, 0.1) is 21.8 Å². The monoisotopic (exact) mass is 426 g/mol. The first kappa shape index (κ1) is 19.0. The Bertz CT molecular complexity index is 1280. The van der Waals surface area contributed by atoms with Crippen molar-refractivity contribution in [1.29, 1.82) is 0 Å². The number of oxazole rings is 1. The van der Waals surface area contributed by atoms with Crippen LogP contribution in [0.25, 0.3) is 22.6 Å². The minimum atomic E-state index is -1.09. The molecule has 0 fully saturated rings. The Morgan fingerprint density at radius 1 is 1.07 bits per heavy atom. The van der Waals surface area contributed by atoms with E-state index >= 15 is 0 Å². The number of aliphatic imine (C=N–C) groups is 1. The summed E-state index contributed by atoms with van der Waals surface area (Å²) < 4.78 is 5.76. The van der Waals surface area contributed by atoms with Gasteiger partial charge in [0.25, 0.3) is 0 Å². The molecule has 0 aliphatic rings. The van der Waals surface area contributed by atoms with Crippen LogP contribution in [-0.2, 0) is 0 Å². The van der Waals surface area contributed by atoms with Crippen LogP contribution >= 0.6 is 23.2 Å². The number of fused-ring (bicyclic) bond motifs is 1. The van der Waals surface area contributed by atoms with Crippen LogP contribution in [-0.4, -0.2) is 27.4 Å². The number of aromatic nitrogens is 1. The van der Waals surface area contributed by atoms with Gasteiger partial charge in [-0.25, -0.2) is 9.78 Å². The van der Waals surface area contributed by atoms with Gasteiger partial charge >= 0.3 is 5.97 Å². The number of aromatic hydroxyl groups is 1. The smallest absolute Gasteiger partial charge is 0.335 e. The molecule has 0 spiro atoms. The van der Waals surface area contributed by atoms with Gasteiger partial charge in [-0.15, -0.1) is 0 Å². The van der Waals surface area contributed by atoms with Gasteiger partial charge < -0.3 is 14.6 Å². The Morgan fingerprint density at radius 2 is 1.90 bits per heavy atom. The molecular weight excluding hydrogens is 415 g/mol. The molecule has 1 aromatic heterocycles. The third-order valence-electron chi connectivity index (χ3n) is 4.16. The van der Waals surface area contributed by atoms with Crippen molar-refractivity contribution in [3.8, 4) is 17.2 Å². The topological polar surface area (TPSA) is 95.9 Å². The lowest BCUT2D eigenvalue weighted by atomic mass is 10.1. The Morgan fingerprint density at radius 3 is 2.69 bits per heavy atom. The standard InChI is InChI=1S/C21H12Cl2N2O4/c22-13-2-4-16(23)15(8-13)20-25-17-9-14(3-6-19(17)29-20)24-10-12-7-11(21(27)28)1-5-18(12)26/h1-10,26H,(H,27,28). The molecule has 0 bridgehead atoms. The molecule has 0 aliphatic heterocycles. The summed E-state index contributed by atoms with van der Waals surface area (Å²) in [6.45, 7) is 0. The maximum atomic E-state index is 11.1. The van der Waals surface area contributed by atoms with E-state index in [2.05, 4.69) is 9.98 Å². The molecule has 0 atom stereocenters. The zero-order chi connectivity index (χ0) is 20.5. The normalized spacial score (nSPS) is 11.4. The summed E-state index contributed by atoms with van der Waals surface area (Å²) in [5.74, 6) is -0.824. The molecule has 0 aliphatic carbocycles. The lowest BCUT2D eigenvalue weighted by Crippen LogP contribution is -1.97. The van der Waals surface area contributed by atoms with Gasteiger partial charge in [0.1, 0.15) is 11.3 Å². The second kappa shape index (κ2) is 7.58. The van der Waals surface area contributed by atoms with Gasteiger partial charge in [0.2, 0.25) is 5.89 Å². The summed E-state index contributed by atoms with van der Waals surface area (Å²) in [6.07, 6.45) is 1.39. The Balaban J connectivity index is 1.68.